The molecular weight excluding hydrogens is 292 g/mol. The number of nitrogens with one attached hydrogen (secondary N) is 2. The standard InChI is InChI=1S/C13H20N4O3S/c18-13(16-11-12-2-1-4-15-10-12)3-9-21(19,20)17-7-5-14-6-8-17/h1-2,4,10,14H,3,5-9,11H2,(H,16,18). The molecule has 0 saturated carbocycles. The van der Waals surface area contributed by atoms with E-state index >= 15 is 0 Å². The topological polar surface area (TPSA) is 91.4 Å². The Bertz CT molecular complexity index is 556. The number of nitrogens with zero attached hydrogens (tertiary/aromatic N) is 2. The van der Waals surface area contributed by atoms with Crippen molar-refractivity contribution >= 4 is 15.9 Å². The van der Waals surface area contributed by atoms with Crippen molar-refractivity contribution < 1.29 is 13.2 Å². The van der Waals surface area contributed by atoms with E-state index in [9.17, 15) is 13.2 Å². The van der Waals surface area contributed by atoms with E-state index in [0.29, 0.717) is 32.7 Å². The van der Waals surface area contributed by atoms with Crippen molar-refractivity contribution in [2.24, 2.45) is 0 Å². The van der Waals surface area contributed by atoms with Gasteiger partial charge in [-0.05, 0) is 11.6 Å². The van der Waals surface area contributed by atoms with Gasteiger partial charge in [-0.25, -0.2) is 8.42 Å². The Morgan fingerprint density at radius 1 is 1.38 bits per heavy atom. The van der Waals surface area contributed by atoms with Gasteiger partial charge in [-0.1, -0.05) is 6.07 Å². The molecule has 21 heavy (non-hydrogen) atoms. The van der Waals surface area contributed by atoms with E-state index in [2.05, 4.69) is 15.6 Å². The quantitative estimate of drug-likeness (QED) is 0.726. The second kappa shape index (κ2) is 7.48. The number of hydrogen-bond donors (Lipinski definition) is 2. The van der Waals surface area contributed by atoms with Crippen LogP contribution in [-0.2, 0) is 21.4 Å². The molecule has 0 spiro atoms. The summed E-state index contributed by atoms with van der Waals surface area (Å²) in [5.74, 6) is -0.413. The molecule has 1 aromatic rings. The maximum Gasteiger partial charge on any atom is 0.221 e. The summed E-state index contributed by atoms with van der Waals surface area (Å²) in [6.45, 7) is 2.62. The average molecular weight is 312 g/mol. The molecular formula is C13H20N4O3S. The summed E-state index contributed by atoms with van der Waals surface area (Å²) >= 11 is 0. The highest BCUT2D eigenvalue weighted by Crippen LogP contribution is 2.05. The van der Waals surface area contributed by atoms with Crippen molar-refractivity contribution in [3.05, 3.63) is 30.1 Å². The maximum atomic E-state index is 12.1. The van der Waals surface area contributed by atoms with Crippen LogP contribution in [-0.4, -0.2) is 55.5 Å². The van der Waals surface area contributed by atoms with Crippen molar-refractivity contribution in [3.8, 4) is 0 Å². The lowest BCUT2D eigenvalue weighted by Gasteiger charge is -2.26. The molecule has 1 saturated heterocycles. The Kier molecular flexibility index (Phi) is 5.66. The highest BCUT2D eigenvalue weighted by molar-refractivity contribution is 7.89. The molecule has 7 nitrogen and oxygen atoms in total. The van der Waals surface area contributed by atoms with Crippen LogP contribution >= 0.6 is 0 Å². The number of hydrogen-bond acceptors (Lipinski definition) is 5. The molecule has 0 radical (unpaired) electrons. The Balaban J connectivity index is 1.75. The predicted molar refractivity (Wildman–Crippen MR) is 78.9 cm³/mol. The normalized spacial score (nSPS) is 16.6. The van der Waals surface area contributed by atoms with E-state index in [0.717, 1.165) is 5.56 Å². The summed E-state index contributed by atoms with van der Waals surface area (Å²) in [6.07, 6.45) is 3.30. The Morgan fingerprint density at radius 3 is 2.81 bits per heavy atom. The van der Waals surface area contributed by atoms with Crippen LogP contribution in [0.2, 0.25) is 0 Å². The Labute approximate surface area is 124 Å². The SMILES string of the molecule is O=C(CCS(=O)(=O)N1CCNCC1)NCc1cccnc1. The van der Waals surface area contributed by atoms with Gasteiger partial charge in [-0.2, -0.15) is 4.31 Å². The summed E-state index contributed by atoms with van der Waals surface area (Å²) < 4.78 is 25.6. The van der Waals surface area contributed by atoms with Crippen LogP contribution in [0.5, 0.6) is 0 Å². The fourth-order valence-electron chi connectivity index (χ4n) is 2.06. The van der Waals surface area contributed by atoms with Gasteiger partial charge in [0, 0.05) is 51.5 Å². The molecule has 0 atom stereocenters. The van der Waals surface area contributed by atoms with Gasteiger partial charge in [0.05, 0.1) is 5.75 Å². The number of pyridine rings is 1. The molecule has 1 aliphatic heterocycles. The monoisotopic (exact) mass is 312 g/mol. The molecule has 2 heterocycles. The second-order valence-corrected chi connectivity index (χ2v) is 6.94. The van der Waals surface area contributed by atoms with Crippen LogP contribution in [0.25, 0.3) is 0 Å². The van der Waals surface area contributed by atoms with Crippen molar-refractivity contribution in [1.29, 1.82) is 0 Å². The molecule has 8 heteroatoms. The molecule has 116 valence electrons. The molecule has 0 aromatic carbocycles. The molecule has 1 fully saturated rings. The van der Waals surface area contributed by atoms with Gasteiger partial charge in [0.15, 0.2) is 0 Å². The Hall–Kier alpha value is -1.51. The third-order valence-corrected chi connectivity index (χ3v) is 5.14. The third-order valence-electron chi connectivity index (χ3n) is 3.27. The van der Waals surface area contributed by atoms with Gasteiger partial charge >= 0.3 is 0 Å². The molecule has 1 amide bonds. The lowest BCUT2D eigenvalue weighted by atomic mass is 10.3. The van der Waals surface area contributed by atoms with Gasteiger partial charge in [-0.3, -0.25) is 9.78 Å². The average Bonchev–Trinajstić information content (AvgIpc) is 2.53. The smallest absolute Gasteiger partial charge is 0.221 e. The van der Waals surface area contributed by atoms with Crippen LogP contribution in [0.4, 0.5) is 0 Å². The van der Waals surface area contributed by atoms with E-state index in [1.165, 1.54) is 4.31 Å². The minimum Gasteiger partial charge on any atom is -0.352 e. The number of amides is 1. The van der Waals surface area contributed by atoms with E-state index < -0.39 is 10.0 Å². The minimum absolute atomic E-state index is 0.0213. The summed E-state index contributed by atoms with van der Waals surface area (Å²) in [5.41, 5.74) is 0.885. The zero-order valence-electron chi connectivity index (χ0n) is 11.8. The summed E-state index contributed by atoms with van der Waals surface area (Å²) in [5, 5.41) is 5.80. The Morgan fingerprint density at radius 2 is 2.14 bits per heavy atom. The zero-order valence-corrected chi connectivity index (χ0v) is 12.6. The predicted octanol–water partition coefficient (Wildman–Crippen LogP) is -0.677. The molecule has 0 unspecified atom stereocenters. The summed E-state index contributed by atoms with van der Waals surface area (Å²) in [6, 6.07) is 3.64. The number of carbonyl (C=O) groups is 1. The highest BCUT2D eigenvalue weighted by atomic mass is 32.2. The number of sulfonamides is 1. The number of rotatable bonds is 6. The van der Waals surface area contributed by atoms with E-state index in [-0.39, 0.29) is 18.1 Å². The number of carbonyl (C=O) groups excluding carboxylic acids is 1. The van der Waals surface area contributed by atoms with Crippen LogP contribution in [0.3, 0.4) is 0 Å². The zero-order chi connectivity index (χ0) is 15.1. The van der Waals surface area contributed by atoms with E-state index in [4.69, 9.17) is 0 Å². The first-order valence-electron chi connectivity index (χ1n) is 6.92. The van der Waals surface area contributed by atoms with Crippen LogP contribution in [0.15, 0.2) is 24.5 Å². The number of aromatic nitrogens is 1. The first-order valence-corrected chi connectivity index (χ1v) is 8.53. The van der Waals surface area contributed by atoms with E-state index in [1.807, 2.05) is 6.07 Å². The molecule has 1 aliphatic rings. The van der Waals surface area contributed by atoms with Crippen molar-refractivity contribution in [1.82, 2.24) is 19.9 Å². The van der Waals surface area contributed by atoms with Crippen molar-refractivity contribution in [2.75, 3.05) is 31.9 Å². The van der Waals surface area contributed by atoms with Crippen molar-refractivity contribution in [2.45, 2.75) is 13.0 Å². The molecule has 0 aliphatic carbocycles. The van der Waals surface area contributed by atoms with E-state index in [1.54, 1.807) is 18.5 Å². The fraction of sp³-hybridized carbons (Fsp3) is 0.538. The molecule has 1 aromatic heterocycles. The fourth-order valence-corrected chi connectivity index (χ4v) is 3.51. The number of piperazine rings is 1. The van der Waals surface area contributed by atoms with Gasteiger partial charge in [0.25, 0.3) is 0 Å². The maximum absolute atomic E-state index is 12.1. The van der Waals surface area contributed by atoms with Gasteiger partial charge in [-0.15, -0.1) is 0 Å². The summed E-state index contributed by atoms with van der Waals surface area (Å²) in [7, 11) is -3.34. The molecule has 2 rings (SSSR count). The lowest BCUT2D eigenvalue weighted by molar-refractivity contribution is -0.120. The minimum atomic E-state index is -3.34. The second-order valence-electron chi connectivity index (χ2n) is 4.85. The molecule has 0 bridgehead atoms. The van der Waals surface area contributed by atoms with Gasteiger partial charge < -0.3 is 10.6 Å². The van der Waals surface area contributed by atoms with Crippen molar-refractivity contribution in [3.63, 3.8) is 0 Å². The first kappa shape index (κ1) is 15.9. The largest absolute Gasteiger partial charge is 0.352 e. The van der Waals surface area contributed by atoms with Crippen LogP contribution in [0, 0.1) is 0 Å². The lowest BCUT2D eigenvalue weighted by Crippen LogP contribution is -2.47. The van der Waals surface area contributed by atoms with Crippen LogP contribution < -0.4 is 10.6 Å². The first-order chi connectivity index (χ1) is 10.1. The summed E-state index contributed by atoms with van der Waals surface area (Å²) in [4.78, 5) is 15.7. The van der Waals surface area contributed by atoms with Crippen LogP contribution in [0.1, 0.15) is 12.0 Å². The van der Waals surface area contributed by atoms with Gasteiger partial charge in [0.2, 0.25) is 15.9 Å². The third kappa shape index (κ3) is 5.07. The molecule has 2 N–H and O–H groups in total. The van der Waals surface area contributed by atoms with Gasteiger partial charge in [0.1, 0.15) is 0 Å². The highest BCUT2D eigenvalue weighted by Gasteiger charge is 2.24.